The Hall–Kier alpha value is -1.69. The quantitative estimate of drug-likeness (QED) is 0.793. The Morgan fingerprint density at radius 2 is 2.39 bits per heavy atom. The average Bonchev–Trinajstić information content (AvgIpc) is 2.39. The van der Waals surface area contributed by atoms with Crippen molar-refractivity contribution in [1.82, 2.24) is 10.2 Å². The third-order valence-corrected chi connectivity index (χ3v) is 2.86. The second kappa shape index (κ2) is 5.77. The van der Waals surface area contributed by atoms with E-state index in [2.05, 4.69) is 10.2 Å². The van der Waals surface area contributed by atoms with Crippen molar-refractivity contribution in [3.05, 3.63) is 17.8 Å². The number of piperidine rings is 1. The van der Waals surface area contributed by atoms with Crippen LogP contribution in [-0.2, 0) is 4.74 Å². The van der Waals surface area contributed by atoms with Gasteiger partial charge in [-0.2, -0.15) is 0 Å². The first-order chi connectivity index (χ1) is 8.70. The van der Waals surface area contributed by atoms with Crippen molar-refractivity contribution in [3.8, 4) is 0 Å². The Balaban J connectivity index is 2.05. The van der Waals surface area contributed by atoms with Gasteiger partial charge in [-0.25, -0.2) is 4.79 Å². The van der Waals surface area contributed by atoms with Crippen molar-refractivity contribution in [2.24, 2.45) is 0 Å². The summed E-state index contributed by atoms with van der Waals surface area (Å²) in [5.41, 5.74) is 0.207. The summed E-state index contributed by atoms with van der Waals surface area (Å²) >= 11 is 0. The SMILES string of the molecule is CCOC(=O)c1ccc(N2CCCC(O)C2)nn1. The highest BCUT2D eigenvalue weighted by molar-refractivity contribution is 5.87. The lowest BCUT2D eigenvalue weighted by molar-refractivity contribution is 0.0518. The molecule has 1 aliphatic rings. The Labute approximate surface area is 106 Å². The predicted octanol–water partition coefficient (Wildman–Crippen LogP) is 0.614. The van der Waals surface area contributed by atoms with Gasteiger partial charge in [0.15, 0.2) is 11.5 Å². The van der Waals surface area contributed by atoms with Crippen LogP contribution in [0.25, 0.3) is 0 Å². The predicted molar refractivity (Wildman–Crippen MR) is 65.4 cm³/mol. The van der Waals surface area contributed by atoms with Crippen LogP contribution in [0.4, 0.5) is 5.82 Å². The summed E-state index contributed by atoms with van der Waals surface area (Å²) in [4.78, 5) is 13.4. The summed E-state index contributed by atoms with van der Waals surface area (Å²) in [5.74, 6) is 0.219. The van der Waals surface area contributed by atoms with Crippen molar-refractivity contribution in [2.45, 2.75) is 25.9 Å². The molecule has 0 aromatic carbocycles. The van der Waals surface area contributed by atoms with Crippen molar-refractivity contribution < 1.29 is 14.6 Å². The zero-order valence-corrected chi connectivity index (χ0v) is 10.4. The minimum Gasteiger partial charge on any atom is -0.461 e. The molecule has 1 N–H and O–H groups in total. The fourth-order valence-corrected chi connectivity index (χ4v) is 1.97. The monoisotopic (exact) mass is 251 g/mol. The van der Waals surface area contributed by atoms with Gasteiger partial charge in [-0.3, -0.25) is 0 Å². The maximum atomic E-state index is 11.4. The summed E-state index contributed by atoms with van der Waals surface area (Å²) in [6, 6.07) is 3.33. The van der Waals surface area contributed by atoms with E-state index in [0.717, 1.165) is 19.4 Å². The number of aliphatic hydroxyl groups is 1. The van der Waals surface area contributed by atoms with Gasteiger partial charge >= 0.3 is 5.97 Å². The maximum absolute atomic E-state index is 11.4. The van der Waals surface area contributed by atoms with Gasteiger partial charge in [-0.1, -0.05) is 0 Å². The Kier molecular flexibility index (Phi) is 4.09. The van der Waals surface area contributed by atoms with Crippen LogP contribution in [0.3, 0.4) is 0 Å². The molecule has 0 spiro atoms. The van der Waals surface area contributed by atoms with E-state index < -0.39 is 5.97 Å². The molecule has 18 heavy (non-hydrogen) atoms. The van der Waals surface area contributed by atoms with E-state index in [1.807, 2.05) is 4.90 Å². The van der Waals surface area contributed by atoms with E-state index in [-0.39, 0.29) is 11.8 Å². The van der Waals surface area contributed by atoms with Gasteiger partial charge in [0.2, 0.25) is 0 Å². The zero-order valence-electron chi connectivity index (χ0n) is 10.4. The number of anilines is 1. The number of hydrogen-bond donors (Lipinski definition) is 1. The normalized spacial score (nSPS) is 19.7. The molecule has 6 nitrogen and oxygen atoms in total. The number of aromatic nitrogens is 2. The Bertz CT molecular complexity index is 408. The largest absolute Gasteiger partial charge is 0.461 e. The number of nitrogens with zero attached hydrogens (tertiary/aromatic N) is 3. The lowest BCUT2D eigenvalue weighted by Crippen LogP contribution is -2.38. The molecule has 0 aliphatic carbocycles. The molecule has 1 aliphatic heterocycles. The van der Waals surface area contributed by atoms with Gasteiger partial charge < -0.3 is 14.7 Å². The first-order valence-electron chi connectivity index (χ1n) is 6.14. The highest BCUT2D eigenvalue weighted by atomic mass is 16.5. The van der Waals surface area contributed by atoms with E-state index in [1.54, 1.807) is 19.1 Å². The number of aliphatic hydroxyl groups excluding tert-OH is 1. The second-order valence-corrected chi connectivity index (χ2v) is 4.24. The molecule has 0 bridgehead atoms. The molecule has 1 saturated heterocycles. The summed E-state index contributed by atoms with van der Waals surface area (Å²) in [5, 5.41) is 17.4. The van der Waals surface area contributed by atoms with Crippen molar-refractivity contribution >= 4 is 11.8 Å². The number of ether oxygens (including phenoxy) is 1. The van der Waals surface area contributed by atoms with Crippen molar-refractivity contribution in [3.63, 3.8) is 0 Å². The molecule has 0 radical (unpaired) electrons. The first kappa shape index (κ1) is 12.8. The fraction of sp³-hybridized carbons (Fsp3) is 0.583. The summed E-state index contributed by atoms with van der Waals surface area (Å²) in [7, 11) is 0. The maximum Gasteiger partial charge on any atom is 0.358 e. The first-order valence-corrected chi connectivity index (χ1v) is 6.14. The van der Waals surface area contributed by atoms with Gasteiger partial charge in [0.05, 0.1) is 12.7 Å². The molecule has 2 rings (SSSR count). The molecule has 2 heterocycles. The summed E-state index contributed by atoms with van der Waals surface area (Å²) in [6.45, 7) is 3.48. The van der Waals surface area contributed by atoms with E-state index >= 15 is 0 Å². The third kappa shape index (κ3) is 2.95. The molecule has 1 aromatic heterocycles. The minimum atomic E-state index is -0.463. The highest BCUT2D eigenvalue weighted by Crippen LogP contribution is 2.17. The van der Waals surface area contributed by atoms with Gasteiger partial charge in [-0.05, 0) is 31.9 Å². The van der Waals surface area contributed by atoms with Crippen LogP contribution in [0.1, 0.15) is 30.3 Å². The molecule has 1 atom stereocenters. The molecule has 0 saturated carbocycles. The van der Waals surface area contributed by atoms with Crippen molar-refractivity contribution in [2.75, 3.05) is 24.6 Å². The fourth-order valence-electron chi connectivity index (χ4n) is 1.97. The van der Waals surface area contributed by atoms with Crippen LogP contribution in [0.2, 0.25) is 0 Å². The van der Waals surface area contributed by atoms with Gasteiger partial charge in [0, 0.05) is 13.1 Å². The van der Waals surface area contributed by atoms with Gasteiger partial charge in [0.1, 0.15) is 0 Å². The number of esters is 1. The lowest BCUT2D eigenvalue weighted by atomic mass is 10.1. The number of β-amino-alcohol motifs (C(OH)–C–C–N with tert-alkyl or cyclic N) is 1. The zero-order chi connectivity index (χ0) is 13.0. The van der Waals surface area contributed by atoms with E-state index in [0.29, 0.717) is 19.0 Å². The van der Waals surface area contributed by atoms with Gasteiger partial charge in [0.25, 0.3) is 0 Å². The van der Waals surface area contributed by atoms with Crippen LogP contribution in [0.15, 0.2) is 12.1 Å². The number of carbonyl (C=O) groups excluding carboxylic acids is 1. The lowest BCUT2D eigenvalue weighted by Gasteiger charge is -2.30. The molecule has 1 unspecified atom stereocenters. The van der Waals surface area contributed by atoms with Crippen LogP contribution < -0.4 is 4.90 Å². The summed E-state index contributed by atoms with van der Waals surface area (Å²) < 4.78 is 4.84. The molecule has 6 heteroatoms. The number of rotatable bonds is 3. The third-order valence-electron chi connectivity index (χ3n) is 2.86. The molecular formula is C12H17N3O3. The van der Waals surface area contributed by atoms with Crippen LogP contribution in [-0.4, -0.2) is 47.1 Å². The summed E-state index contributed by atoms with van der Waals surface area (Å²) in [6.07, 6.45) is 1.44. The Morgan fingerprint density at radius 1 is 1.56 bits per heavy atom. The smallest absolute Gasteiger partial charge is 0.358 e. The number of carbonyl (C=O) groups is 1. The van der Waals surface area contributed by atoms with Gasteiger partial charge in [-0.15, -0.1) is 10.2 Å². The highest BCUT2D eigenvalue weighted by Gasteiger charge is 2.19. The topological polar surface area (TPSA) is 75.5 Å². The molecule has 1 aromatic rings. The number of hydrogen-bond acceptors (Lipinski definition) is 6. The molecule has 0 amide bonds. The van der Waals surface area contributed by atoms with Crippen LogP contribution in [0, 0.1) is 0 Å². The van der Waals surface area contributed by atoms with E-state index in [4.69, 9.17) is 4.74 Å². The molecule has 1 fully saturated rings. The van der Waals surface area contributed by atoms with Crippen molar-refractivity contribution in [1.29, 1.82) is 0 Å². The Morgan fingerprint density at radius 3 is 3.00 bits per heavy atom. The van der Waals surface area contributed by atoms with Crippen LogP contribution in [0.5, 0.6) is 0 Å². The molecular weight excluding hydrogens is 234 g/mol. The van der Waals surface area contributed by atoms with E-state index in [1.165, 1.54) is 0 Å². The molecule has 98 valence electrons. The standard InChI is InChI=1S/C12H17N3O3/c1-2-18-12(17)10-5-6-11(14-13-10)15-7-3-4-9(16)8-15/h5-6,9,16H,2-4,7-8H2,1H3. The van der Waals surface area contributed by atoms with Crippen LogP contribution >= 0.6 is 0 Å². The average molecular weight is 251 g/mol. The minimum absolute atomic E-state index is 0.207. The second-order valence-electron chi connectivity index (χ2n) is 4.24. The van der Waals surface area contributed by atoms with E-state index in [9.17, 15) is 9.90 Å².